The number of rotatable bonds is 8. The molecule has 0 aliphatic carbocycles. The molecule has 0 atom stereocenters. The van der Waals surface area contributed by atoms with Gasteiger partial charge >= 0.3 is 5.97 Å². The van der Waals surface area contributed by atoms with E-state index < -0.39 is 5.97 Å². The first-order valence-electron chi connectivity index (χ1n) is 7.92. The van der Waals surface area contributed by atoms with Crippen LogP contribution < -0.4 is 10.1 Å². The molecule has 2 rings (SSSR count). The molecule has 2 aromatic rings. The summed E-state index contributed by atoms with van der Waals surface area (Å²) in [7, 11) is 1.36. The highest BCUT2D eigenvalue weighted by Gasteiger charge is 2.13. The van der Waals surface area contributed by atoms with E-state index in [-0.39, 0.29) is 0 Å². The molecule has 0 fully saturated rings. The third kappa shape index (κ3) is 5.17. The number of carbonyl (C=O) groups excluding carboxylic acids is 1. The largest absolute Gasteiger partial charge is 0.494 e. The minimum absolute atomic E-state index is 0.400. The Labute approximate surface area is 147 Å². The van der Waals surface area contributed by atoms with Gasteiger partial charge in [-0.3, -0.25) is 0 Å². The van der Waals surface area contributed by atoms with Crippen molar-refractivity contribution in [1.82, 2.24) is 0 Å². The minimum Gasteiger partial charge on any atom is -0.494 e. The second-order valence-electron chi connectivity index (χ2n) is 5.45. The first kappa shape index (κ1) is 18.1. The van der Waals surface area contributed by atoms with Crippen molar-refractivity contribution in [3.63, 3.8) is 0 Å². The average molecular weight is 348 g/mol. The summed E-state index contributed by atoms with van der Waals surface area (Å²) in [5.74, 6) is 0.482. The number of anilines is 1. The number of hydrogen-bond donors (Lipinski definition) is 1. The minimum atomic E-state index is -0.400. The highest BCUT2D eigenvalue weighted by atomic mass is 35.5. The van der Waals surface area contributed by atoms with Gasteiger partial charge in [-0.1, -0.05) is 35.4 Å². The Morgan fingerprint density at radius 1 is 1.12 bits per heavy atom. The van der Waals surface area contributed by atoms with Crippen LogP contribution in [-0.4, -0.2) is 26.2 Å². The molecule has 0 bridgehead atoms. The summed E-state index contributed by atoms with van der Waals surface area (Å²) < 4.78 is 10.5. The fourth-order valence-electron chi connectivity index (χ4n) is 2.25. The van der Waals surface area contributed by atoms with E-state index in [2.05, 4.69) is 5.32 Å². The Morgan fingerprint density at radius 3 is 2.58 bits per heavy atom. The Balaban J connectivity index is 1.76. The average Bonchev–Trinajstić information content (AvgIpc) is 2.59. The molecule has 0 saturated heterocycles. The maximum absolute atomic E-state index is 11.8. The van der Waals surface area contributed by atoms with Gasteiger partial charge in [0, 0.05) is 6.54 Å². The molecule has 0 saturated carbocycles. The summed E-state index contributed by atoms with van der Waals surface area (Å²) in [6.07, 6.45) is 1.80. The molecule has 4 nitrogen and oxygen atoms in total. The van der Waals surface area contributed by atoms with Gasteiger partial charge in [-0.05, 0) is 44.0 Å². The third-order valence-electron chi connectivity index (χ3n) is 3.58. The number of benzene rings is 2. The molecule has 0 unspecified atom stereocenters. The first-order valence-corrected chi connectivity index (χ1v) is 8.30. The van der Waals surface area contributed by atoms with Crippen molar-refractivity contribution >= 4 is 23.3 Å². The maximum atomic E-state index is 11.8. The standard InChI is InChI=1S/C19H22ClNO3/c1-14-8-10-15(11-9-14)24-13-4-3-12-21-18-16(19(22)23-2)6-5-7-17(18)20/h5-11,21H,3-4,12-13H2,1-2H3. The van der Waals surface area contributed by atoms with Crippen LogP contribution in [0.25, 0.3) is 0 Å². The van der Waals surface area contributed by atoms with Crippen LogP contribution in [0.5, 0.6) is 5.75 Å². The zero-order chi connectivity index (χ0) is 17.4. The molecule has 0 aliphatic heterocycles. The van der Waals surface area contributed by atoms with Crippen LogP contribution in [0.3, 0.4) is 0 Å². The molecule has 0 amide bonds. The number of esters is 1. The Kier molecular flexibility index (Phi) is 6.94. The molecule has 0 aromatic heterocycles. The second-order valence-corrected chi connectivity index (χ2v) is 5.86. The van der Waals surface area contributed by atoms with Gasteiger partial charge in [-0.25, -0.2) is 4.79 Å². The van der Waals surface area contributed by atoms with Crippen molar-refractivity contribution in [2.75, 3.05) is 25.6 Å². The van der Waals surface area contributed by atoms with Gasteiger partial charge in [0.05, 0.1) is 30.0 Å². The molecule has 5 heteroatoms. The number of nitrogens with one attached hydrogen (secondary N) is 1. The van der Waals surface area contributed by atoms with E-state index in [1.807, 2.05) is 31.2 Å². The Bertz CT molecular complexity index is 671. The van der Waals surface area contributed by atoms with Crippen molar-refractivity contribution in [2.24, 2.45) is 0 Å². The first-order chi connectivity index (χ1) is 11.6. The molecule has 128 valence electrons. The number of para-hydroxylation sites is 1. The fraction of sp³-hybridized carbons (Fsp3) is 0.316. The molecule has 0 heterocycles. The number of hydrogen-bond acceptors (Lipinski definition) is 4. The molecule has 1 N–H and O–H groups in total. The summed E-state index contributed by atoms with van der Waals surface area (Å²) in [6.45, 7) is 3.40. The van der Waals surface area contributed by atoms with Crippen molar-refractivity contribution in [1.29, 1.82) is 0 Å². The van der Waals surface area contributed by atoms with Crippen molar-refractivity contribution < 1.29 is 14.3 Å². The SMILES string of the molecule is COC(=O)c1cccc(Cl)c1NCCCCOc1ccc(C)cc1. The van der Waals surface area contributed by atoms with E-state index in [0.29, 0.717) is 29.4 Å². The van der Waals surface area contributed by atoms with Gasteiger partial charge in [-0.2, -0.15) is 0 Å². The highest BCUT2D eigenvalue weighted by Crippen LogP contribution is 2.26. The summed E-state index contributed by atoms with van der Waals surface area (Å²) in [5, 5.41) is 3.72. The van der Waals surface area contributed by atoms with E-state index in [9.17, 15) is 4.79 Å². The Hall–Kier alpha value is -2.20. The maximum Gasteiger partial charge on any atom is 0.340 e. The topological polar surface area (TPSA) is 47.6 Å². The third-order valence-corrected chi connectivity index (χ3v) is 3.90. The molecule has 0 spiro atoms. The van der Waals surface area contributed by atoms with Crippen molar-refractivity contribution in [3.05, 3.63) is 58.6 Å². The molecule has 0 radical (unpaired) electrons. The molecule has 2 aromatic carbocycles. The molecular weight excluding hydrogens is 326 g/mol. The van der Waals surface area contributed by atoms with Crippen molar-refractivity contribution in [2.45, 2.75) is 19.8 Å². The summed E-state index contributed by atoms with van der Waals surface area (Å²) >= 11 is 6.17. The zero-order valence-corrected chi connectivity index (χ0v) is 14.7. The molecule has 24 heavy (non-hydrogen) atoms. The zero-order valence-electron chi connectivity index (χ0n) is 14.0. The quantitative estimate of drug-likeness (QED) is 0.555. The van der Waals surface area contributed by atoms with E-state index in [0.717, 1.165) is 18.6 Å². The van der Waals surface area contributed by atoms with E-state index in [4.69, 9.17) is 21.1 Å². The number of ether oxygens (including phenoxy) is 2. The smallest absolute Gasteiger partial charge is 0.340 e. The van der Waals surface area contributed by atoms with Crippen LogP contribution in [0.4, 0.5) is 5.69 Å². The predicted molar refractivity (Wildman–Crippen MR) is 97.2 cm³/mol. The van der Waals surface area contributed by atoms with E-state index in [1.54, 1.807) is 18.2 Å². The lowest BCUT2D eigenvalue weighted by Gasteiger charge is -2.12. The van der Waals surface area contributed by atoms with Gasteiger partial charge in [0.2, 0.25) is 0 Å². The number of halogens is 1. The van der Waals surface area contributed by atoms with E-state index in [1.165, 1.54) is 12.7 Å². The number of aryl methyl sites for hydroxylation is 1. The lowest BCUT2D eigenvalue weighted by molar-refractivity contribution is 0.0602. The second kappa shape index (κ2) is 9.18. The Morgan fingerprint density at radius 2 is 1.88 bits per heavy atom. The van der Waals surface area contributed by atoms with Gasteiger partial charge in [0.25, 0.3) is 0 Å². The van der Waals surface area contributed by atoms with Gasteiger partial charge < -0.3 is 14.8 Å². The lowest BCUT2D eigenvalue weighted by Crippen LogP contribution is -2.10. The van der Waals surface area contributed by atoms with Gasteiger partial charge in [0.15, 0.2) is 0 Å². The van der Waals surface area contributed by atoms with E-state index >= 15 is 0 Å². The monoisotopic (exact) mass is 347 g/mol. The number of carbonyl (C=O) groups is 1. The van der Waals surface area contributed by atoms with Crippen LogP contribution in [0, 0.1) is 6.92 Å². The molecule has 0 aliphatic rings. The normalized spacial score (nSPS) is 10.3. The van der Waals surface area contributed by atoms with Crippen molar-refractivity contribution in [3.8, 4) is 5.75 Å². The van der Waals surface area contributed by atoms with Crippen LogP contribution >= 0.6 is 11.6 Å². The summed E-state index contributed by atoms with van der Waals surface area (Å²) in [6, 6.07) is 13.2. The summed E-state index contributed by atoms with van der Waals surface area (Å²) in [4.78, 5) is 11.8. The van der Waals surface area contributed by atoms with Crippen LogP contribution in [0.1, 0.15) is 28.8 Å². The van der Waals surface area contributed by atoms with Crippen LogP contribution in [0.15, 0.2) is 42.5 Å². The molecular formula is C19H22ClNO3. The summed E-state index contributed by atoms with van der Waals surface area (Å²) in [5.41, 5.74) is 2.28. The van der Waals surface area contributed by atoms with Crippen LogP contribution in [-0.2, 0) is 4.74 Å². The predicted octanol–water partition coefficient (Wildman–Crippen LogP) is 4.71. The number of methoxy groups -OCH3 is 1. The number of unbranched alkanes of at least 4 members (excludes halogenated alkanes) is 1. The van der Waals surface area contributed by atoms with Crippen LogP contribution in [0.2, 0.25) is 5.02 Å². The lowest BCUT2D eigenvalue weighted by atomic mass is 10.1. The fourth-order valence-corrected chi connectivity index (χ4v) is 2.49. The van der Waals surface area contributed by atoms with Gasteiger partial charge in [-0.15, -0.1) is 0 Å². The highest BCUT2D eigenvalue weighted by molar-refractivity contribution is 6.34. The van der Waals surface area contributed by atoms with Gasteiger partial charge in [0.1, 0.15) is 5.75 Å².